The Morgan fingerprint density at radius 1 is 1.21 bits per heavy atom. The fraction of sp³-hybridized carbons (Fsp3) is 0.562. The third kappa shape index (κ3) is 3.20. The van der Waals surface area contributed by atoms with Crippen molar-refractivity contribution in [3.05, 3.63) is 33.1 Å². The molecule has 1 N–H and O–H groups in total. The minimum atomic E-state index is -0.371. The molecule has 1 saturated heterocycles. The zero-order valence-electron chi connectivity index (χ0n) is 14.1. The van der Waals surface area contributed by atoms with Crippen molar-refractivity contribution < 1.29 is 4.74 Å². The second-order valence-electron chi connectivity index (χ2n) is 6.00. The number of hydrogen-bond donors (Lipinski definition) is 1. The van der Waals surface area contributed by atoms with Crippen LogP contribution in [0.25, 0.3) is 11.0 Å². The Labute approximate surface area is 139 Å². The first kappa shape index (κ1) is 16.7. The molecule has 0 unspecified atom stereocenters. The maximum atomic E-state index is 12.4. The molecule has 1 aliphatic heterocycles. The van der Waals surface area contributed by atoms with E-state index in [4.69, 9.17) is 4.74 Å². The molecule has 8 nitrogen and oxygen atoms in total. The molecule has 0 aliphatic carbocycles. The quantitative estimate of drug-likeness (QED) is 0.761. The van der Waals surface area contributed by atoms with E-state index in [1.54, 1.807) is 19.3 Å². The lowest BCUT2D eigenvalue weighted by Gasteiger charge is -2.26. The standard InChI is InChI=1S/C16H23N5O3/c1-19-14-13(15(22)20(2)16(19)23)12(4-6-18-14)17-5-3-7-21-8-10-24-11-9-21/h4,6H,3,5,7-11H2,1-2H3,(H,17,18). The van der Waals surface area contributed by atoms with Gasteiger partial charge in [-0.3, -0.25) is 18.8 Å². The van der Waals surface area contributed by atoms with Crippen LogP contribution in [0.1, 0.15) is 6.42 Å². The summed E-state index contributed by atoms with van der Waals surface area (Å²) >= 11 is 0. The smallest absolute Gasteiger partial charge is 0.332 e. The van der Waals surface area contributed by atoms with Gasteiger partial charge in [-0.05, 0) is 19.0 Å². The maximum Gasteiger partial charge on any atom is 0.332 e. The Morgan fingerprint density at radius 3 is 2.71 bits per heavy atom. The van der Waals surface area contributed by atoms with Gasteiger partial charge in [0.15, 0.2) is 5.65 Å². The van der Waals surface area contributed by atoms with Gasteiger partial charge < -0.3 is 10.1 Å². The fourth-order valence-electron chi connectivity index (χ4n) is 2.98. The van der Waals surface area contributed by atoms with Crippen molar-refractivity contribution in [3.63, 3.8) is 0 Å². The van der Waals surface area contributed by atoms with Crippen LogP contribution in [0.4, 0.5) is 5.69 Å². The summed E-state index contributed by atoms with van der Waals surface area (Å²) in [6.45, 7) is 5.29. The first-order valence-corrected chi connectivity index (χ1v) is 8.18. The van der Waals surface area contributed by atoms with Crippen molar-refractivity contribution in [1.29, 1.82) is 0 Å². The van der Waals surface area contributed by atoms with Crippen LogP contribution in [-0.2, 0) is 18.8 Å². The van der Waals surface area contributed by atoms with Gasteiger partial charge in [-0.2, -0.15) is 0 Å². The number of morpholine rings is 1. The van der Waals surface area contributed by atoms with Gasteiger partial charge in [0.1, 0.15) is 5.39 Å². The summed E-state index contributed by atoms with van der Waals surface area (Å²) in [7, 11) is 3.11. The van der Waals surface area contributed by atoms with Crippen molar-refractivity contribution in [2.75, 3.05) is 44.7 Å². The minimum absolute atomic E-state index is 0.322. The molecule has 0 spiro atoms. The maximum absolute atomic E-state index is 12.4. The highest BCUT2D eigenvalue weighted by molar-refractivity contribution is 5.87. The number of pyridine rings is 1. The molecule has 24 heavy (non-hydrogen) atoms. The van der Waals surface area contributed by atoms with Gasteiger partial charge in [-0.25, -0.2) is 9.78 Å². The van der Waals surface area contributed by atoms with E-state index in [2.05, 4.69) is 15.2 Å². The first-order chi connectivity index (χ1) is 11.6. The van der Waals surface area contributed by atoms with Crippen LogP contribution in [0.3, 0.4) is 0 Å². The van der Waals surface area contributed by atoms with Crippen LogP contribution in [0.2, 0.25) is 0 Å². The molecule has 1 aliphatic rings. The lowest BCUT2D eigenvalue weighted by Crippen LogP contribution is -2.38. The Kier molecular flexibility index (Phi) is 4.96. The van der Waals surface area contributed by atoms with Crippen molar-refractivity contribution in [1.82, 2.24) is 19.0 Å². The molecule has 0 saturated carbocycles. The van der Waals surface area contributed by atoms with E-state index in [0.29, 0.717) is 11.0 Å². The van der Waals surface area contributed by atoms with Crippen LogP contribution in [0.5, 0.6) is 0 Å². The lowest BCUT2D eigenvalue weighted by atomic mass is 10.2. The second-order valence-corrected chi connectivity index (χ2v) is 6.00. The zero-order chi connectivity index (χ0) is 17.1. The summed E-state index contributed by atoms with van der Waals surface area (Å²) in [4.78, 5) is 31.0. The molecular formula is C16H23N5O3. The topological polar surface area (TPSA) is 81.4 Å². The lowest BCUT2D eigenvalue weighted by molar-refractivity contribution is 0.0378. The van der Waals surface area contributed by atoms with E-state index in [9.17, 15) is 9.59 Å². The number of rotatable bonds is 5. The molecule has 0 bridgehead atoms. The van der Waals surface area contributed by atoms with Gasteiger partial charge in [0, 0.05) is 39.9 Å². The van der Waals surface area contributed by atoms with Gasteiger partial charge in [0.05, 0.1) is 18.9 Å². The summed E-state index contributed by atoms with van der Waals surface area (Å²) in [5.41, 5.74) is 0.431. The molecule has 130 valence electrons. The predicted molar refractivity (Wildman–Crippen MR) is 92.6 cm³/mol. The molecule has 3 rings (SSSR count). The van der Waals surface area contributed by atoms with Crippen LogP contribution in [-0.4, -0.2) is 58.4 Å². The third-order valence-electron chi connectivity index (χ3n) is 4.41. The Bertz CT molecular complexity index is 836. The Balaban J connectivity index is 1.75. The molecule has 0 atom stereocenters. The summed E-state index contributed by atoms with van der Waals surface area (Å²) in [6, 6.07) is 1.78. The zero-order valence-corrected chi connectivity index (χ0v) is 14.1. The first-order valence-electron chi connectivity index (χ1n) is 8.18. The number of hydrogen-bond acceptors (Lipinski definition) is 6. The summed E-state index contributed by atoms with van der Waals surface area (Å²) in [5.74, 6) is 0. The number of fused-ring (bicyclic) bond motifs is 1. The third-order valence-corrected chi connectivity index (χ3v) is 4.41. The van der Waals surface area contributed by atoms with Crippen LogP contribution < -0.4 is 16.6 Å². The Hall–Kier alpha value is -2.19. The van der Waals surface area contributed by atoms with Crippen molar-refractivity contribution in [3.8, 4) is 0 Å². The highest BCUT2D eigenvalue weighted by Crippen LogP contribution is 2.16. The van der Waals surface area contributed by atoms with Crippen molar-refractivity contribution >= 4 is 16.7 Å². The molecule has 2 aromatic heterocycles. The van der Waals surface area contributed by atoms with Crippen molar-refractivity contribution in [2.24, 2.45) is 14.1 Å². The molecule has 0 radical (unpaired) electrons. The average molecular weight is 333 g/mol. The number of aromatic nitrogens is 3. The number of nitrogens with zero attached hydrogens (tertiary/aromatic N) is 4. The summed E-state index contributed by atoms with van der Waals surface area (Å²) < 4.78 is 7.85. The number of anilines is 1. The highest BCUT2D eigenvalue weighted by atomic mass is 16.5. The Morgan fingerprint density at radius 2 is 1.96 bits per heavy atom. The normalized spacial score (nSPS) is 15.8. The van der Waals surface area contributed by atoms with Gasteiger partial charge in [0.25, 0.3) is 5.56 Å². The van der Waals surface area contributed by atoms with E-state index in [-0.39, 0.29) is 11.2 Å². The monoisotopic (exact) mass is 333 g/mol. The molecule has 0 aromatic carbocycles. The van der Waals surface area contributed by atoms with Crippen LogP contribution in [0.15, 0.2) is 21.9 Å². The van der Waals surface area contributed by atoms with Crippen LogP contribution >= 0.6 is 0 Å². The van der Waals surface area contributed by atoms with E-state index in [1.165, 1.54) is 11.6 Å². The largest absolute Gasteiger partial charge is 0.384 e. The van der Waals surface area contributed by atoms with E-state index in [0.717, 1.165) is 56.1 Å². The van der Waals surface area contributed by atoms with E-state index >= 15 is 0 Å². The molecule has 2 aromatic rings. The molecule has 1 fully saturated rings. The number of ether oxygens (including phenoxy) is 1. The molecular weight excluding hydrogens is 310 g/mol. The highest BCUT2D eigenvalue weighted by Gasteiger charge is 2.13. The predicted octanol–water partition coefficient (Wildman–Crippen LogP) is -0.234. The minimum Gasteiger partial charge on any atom is -0.384 e. The van der Waals surface area contributed by atoms with E-state index < -0.39 is 0 Å². The van der Waals surface area contributed by atoms with Gasteiger partial charge in [0.2, 0.25) is 0 Å². The molecule has 8 heteroatoms. The molecule has 3 heterocycles. The van der Waals surface area contributed by atoms with E-state index in [1.807, 2.05) is 0 Å². The average Bonchev–Trinajstić information content (AvgIpc) is 2.62. The van der Waals surface area contributed by atoms with Crippen LogP contribution in [0, 0.1) is 0 Å². The van der Waals surface area contributed by atoms with Gasteiger partial charge in [-0.1, -0.05) is 0 Å². The van der Waals surface area contributed by atoms with Gasteiger partial charge >= 0.3 is 5.69 Å². The fourth-order valence-corrected chi connectivity index (χ4v) is 2.98. The SMILES string of the molecule is Cn1c(=O)c2c(NCCCN3CCOCC3)ccnc2n(C)c1=O. The van der Waals surface area contributed by atoms with Gasteiger partial charge in [-0.15, -0.1) is 0 Å². The number of aryl methyl sites for hydroxylation is 1. The van der Waals surface area contributed by atoms with Crippen molar-refractivity contribution in [2.45, 2.75) is 6.42 Å². The second kappa shape index (κ2) is 7.14. The summed E-state index contributed by atoms with van der Waals surface area (Å²) in [5, 5.41) is 3.77. The molecule has 0 amide bonds. The number of nitrogens with one attached hydrogen (secondary N) is 1. The summed E-state index contributed by atoms with van der Waals surface area (Å²) in [6.07, 6.45) is 2.58.